The number of aryl methyl sites for hydroxylation is 1. The minimum absolute atomic E-state index is 0.00835. The Balaban J connectivity index is 1.39. The molecule has 28 heavy (non-hydrogen) atoms. The Morgan fingerprint density at radius 1 is 1.29 bits per heavy atom. The fourth-order valence-electron chi connectivity index (χ4n) is 3.73. The molecule has 0 aromatic carbocycles. The summed E-state index contributed by atoms with van der Waals surface area (Å²) in [7, 11) is 0. The molecule has 0 radical (unpaired) electrons. The highest BCUT2D eigenvalue weighted by molar-refractivity contribution is 7.15. The fraction of sp³-hybridized carbons (Fsp3) is 0.611. The fourth-order valence-corrected chi connectivity index (χ4v) is 5.42. The van der Waals surface area contributed by atoms with Crippen molar-refractivity contribution in [2.45, 2.75) is 64.5 Å². The highest BCUT2D eigenvalue weighted by Crippen LogP contribution is 2.30. The summed E-state index contributed by atoms with van der Waals surface area (Å²) in [5.41, 5.74) is 1.76. The molecule has 0 spiro atoms. The molecule has 2 N–H and O–H groups in total. The Morgan fingerprint density at radius 2 is 2.11 bits per heavy atom. The third-order valence-corrected chi connectivity index (χ3v) is 6.92. The zero-order valence-electron chi connectivity index (χ0n) is 15.9. The summed E-state index contributed by atoms with van der Waals surface area (Å²) >= 11 is 2.62. The number of amides is 3. The first kappa shape index (κ1) is 19.3. The number of rotatable bonds is 5. The predicted octanol–water partition coefficient (Wildman–Crippen LogP) is 3.21. The maximum Gasteiger partial charge on any atom is 0.321 e. The number of nitrogens with zero attached hydrogens (tertiary/aromatic N) is 4. The van der Waals surface area contributed by atoms with Crippen LogP contribution in [-0.4, -0.2) is 44.0 Å². The van der Waals surface area contributed by atoms with Crippen LogP contribution in [0.5, 0.6) is 0 Å². The van der Waals surface area contributed by atoms with Crippen molar-refractivity contribution in [3.63, 3.8) is 0 Å². The Morgan fingerprint density at radius 3 is 2.89 bits per heavy atom. The molecule has 3 heterocycles. The van der Waals surface area contributed by atoms with Gasteiger partial charge in [0.2, 0.25) is 0 Å². The molecule has 3 amide bonds. The molecule has 0 unspecified atom stereocenters. The molecule has 2 aromatic rings. The van der Waals surface area contributed by atoms with Crippen LogP contribution in [0, 0.1) is 0 Å². The van der Waals surface area contributed by atoms with Crippen LogP contribution < -0.4 is 10.6 Å². The van der Waals surface area contributed by atoms with Crippen LogP contribution in [0.25, 0.3) is 0 Å². The van der Waals surface area contributed by atoms with Crippen molar-refractivity contribution >= 4 is 39.9 Å². The Kier molecular flexibility index (Phi) is 5.86. The second-order valence-electron chi connectivity index (χ2n) is 7.24. The second kappa shape index (κ2) is 8.52. The largest absolute Gasteiger partial charge is 0.335 e. The summed E-state index contributed by atoms with van der Waals surface area (Å²) in [6, 6.07) is 0.0823. The molecule has 1 fully saturated rings. The van der Waals surface area contributed by atoms with Gasteiger partial charge in [-0.3, -0.25) is 10.1 Å². The molecule has 0 saturated heterocycles. The van der Waals surface area contributed by atoms with Crippen LogP contribution in [0.3, 0.4) is 0 Å². The van der Waals surface area contributed by atoms with E-state index in [0.29, 0.717) is 29.5 Å². The van der Waals surface area contributed by atoms with Crippen molar-refractivity contribution in [3.05, 3.63) is 21.1 Å². The Hall–Kier alpha value is -2.07. The predicted molar refractivity (Wildman–Crippen MR) is 109 cm³/mol. The molecule has 1 aliphatic carbocycles. The second-order valence-corrected chi connectivity index (χ2v) is 9.08. The molecule has 2 aliphatic rings. The van der Waals surface area contributed by atoms with Crippen molar-refractivity contribution in [1.29, 1.82) is 0 Å². The molecule has 0 atom stereocenters. The number of hydrogen-bond donors (Lipinski definition) is 2. The monoisotopic (exact) mass is 420 g/mol. The first-order valence-corrected chi connectivity index (χ1v) is 11.4. The van der Waals surface area contributed by atoms with Gasteiger partial charge in [0.15, 0.2) is 5.13 Å². The highest BCUT2D eigenvalue weighted by atomic mass is 32.1. The molecule has 2 aromatic heterocycles. The average Bonchev–Trinajstić information content (AvgIpc) is 3.41. The molecule has 150 valence electrons. The van der Waals surface area contributed by atoms with Gasteiger partial charge in [-0.15, -0.1) is 5.10 Å². The summed E-state index contributed by atoms with van der Waals surface area (Å²) in [4.78, 5) is 33.1. The molecule has 0 bridgehead atoms. The summed E-state index contributed by atoms with van der Waals surface area (Å²) in [5, 5.41) is 10.6. The standard InChI is InChI=1S/C18H24N6O2S2/c1-2-5-13-15(28-23-22-13)16(25)24-9-8-12-14(10-24)27-18(20-12)21-17(26)19-11-6-3-4-7-11/h11H,2-10H2,1H3,(H2,19,20,21,26). The third-order valence-electron chi connectivity index (χ3n) is 5.17. The van der Waals surface area contributed by atoms with E-state index in [1.165, 1.54) is 35.7 Å². The minimum Gasteiger partial charge on any atom is -0.335 e. The number of carbonyl (C=O) groups excluding carboxylic acids is 2. The number of carbonyl (C=O) groups is 2. The summed E-state index contributed by atoms with van der Waals surface area (Å²) < 4.78 is 3.96. The minimum atomic E-state index is -0.189. The van der Waals surface area contributed by atoms with Gasteiger partial charge in [0.05, 0.1) is 17.9 Å². The van der Waals surface area contributed by atoms with Gasteiger partial charge >= 0.3 is 6.03 Å². The lowest BCUT2D eigenvalue weighted by atomic mass is 10.1. The van der Waals surface area contributed by atoms with E-state index in [1.807, 2.05) is 4.90 Å². The van der Waals surface area contributed by atoms with Gasteiger partial charge in [0.1, 0.15) is 4.88 Å². The normalized spacial score (nSPS) is 16.8. The van der Waals surface area contributed by atoms with E-state index in [0.717, 1.165) is 41.9 Å². The van der Waals surface area contributed by atoms with Crippen LogP contribution in [0.15, 0.2) is 0 Å². The molecule has 4 rings (SSSR count). The number of fused-ring (bicyclic) bond motifs is 1. The number of nitrogens with one attached hydrogen (secondary N) is 2. The summed E-state index contributed by atoms with van der Waals surface area (Å²) in [6.07, 6.45) is 6.84. The van der Waals surface area contributed by atoms with Crippen LogP contribution in [0.1, 0.15) is 65.0 Å². The van der Waals surface area contributed by atoms with Crippen LogP contribution in [0.4, 0.5) is 9.93 Å². The van der Waals surface area contributed by atoms with Gasteiger partial charge in [0, 0.05) is 23.9 Å². The summed E-state index contributed by atoms with van der Waals surface area (Å²) in [6.45, 7) is 3.20. The lowest BCUT2D eigenvalue weighted by Gasteiger charge is -2.25. The smallest absolute Gasteiger partial charge is 0.321 e. The van der Waals surface area contributed by atoms with E-state index in [2.05, 4.69) is 32.1 Å². The van der Waals surface area contributed by atoms with Crippen LogP contribution in [0.2, 0.25) is 0 Å². The number of anilines is 1. The molecular weight excluding hydrogens is 396 g/mol. The van der Waals surface area contributed by atoms with Gasteiger partial charge in [-0.25, -0.2) is 9.78 Å². The molecule has 10 heteroatoms. The zero-order chi connectivity index (χ0) is 19.5. The number of urea groups is 1. The van der Waals surface area contributed by atoms with E-state index in [-0.39, 0.29) is 18.0 Å². The first-order chi connectivity index (χ1) is 13.6. The van der Waals surface area contributed by atoms with Crippen molar-refractivity contribution in [2.75, 3.05) is 11.9 Å². The van der Waals surface area contributed by atoms with E-state index in [4.69, 9.17) is 0 Å². The molecule has 1 aliphatic heterocycles. The molecular formula is C18H24N6O2S2. The number of hydrogen-bond acceptors (Lipinski definition) is 7. The van der Waals surface area contributed by atoms with E-state index in [9.17, 15) is 9.59 Å². The van der Waals surface area contributed by atoms with Gasteiger partial charge in [-0.05, 0) is 30.8 Å². The Bertz CT molecular complexity index is 858. The van der Waals surface area contributed by atoms with E-state index in [1.54, 1.807) is 0 Å². The van der Waals surface area contributed by atoms with Crippen molar-refractivity contribution < 1.29 is 9.59 Å². The van der Waals surface area contributed by atoms with E-state index < -0.39 is 0 Å². The average molecular weight is 421 g/mol. The topological polar surface area (TPSA) is 100 Å². The molecule has 8 nitrogen and oxygen atoms in total. The maximum absolute atomic E-state index is 12.9. The number of aromatic nitrogens is 3. The van der Waals surface area contributed by atoms with Crippen molar-refractivity contribution in [3.8, 4) is 0 Å². The molecule has 1 saturated carbocycles. The van der Waals surface area contributed by atoms with Crippen molar-refractivity contribution in [2.24, 2.45) is 0 Å². The maximum atomic E-state index is 12.9. The quantitative estimate of drug-likeness (QED) is 0.774. The SMILES string of the molecule is CCCc1nnsc1C(=O)N1CCc2nc(NC(=O)NC3CCCC3)sc2C1. The lowest BCUT2D eigenvalue weighted by Crippen LogP contribution is -2.36. The zero-order valence-corrected chi connectivity index (χ0v) is 17.5. The van der Waals surface area contributed by atoms with E-state index >= 15 is 0 Å². The van der Waals surface area contributed by atoms with Gasteiger partial charge in [-0.2, -0.15) is 0 Å². The van der Waals surface area contributed by atoms with Gasteiger partial charge in [0.25, 0.3) is 5.91 Å². The Labute approximate surface area is 171 Å². The van der Waals surface area contributed by atoms with Crippen LogP contribution in [-0.2, 0) is 19.4 Å². The van der Waals surface area contributed by atoms with Gasteiger partial charge < -0.3 is 10.2 Å². The first-order valence-electron chi connectivity index (χ1n) is 9.80. The van der Waals surface area contributed by atoms with Gasteiger partial charge in [-0.1, -0.05) is 42.0 Å². The van der Waals surface area contributed by atoms with Crippen LogP contribution >= 0.6 is 22.9 Å². The van der Waals surface area contributed by atoms with Crippen molar-refractivity contribution in [1.82, 2.24) is 24.8 Å². The summed E-state index contributed by atoms with van der Waals surface area (Å²) in [5.74, 6) is -0.00835. The third kappa shape index (κ3) is 4.17. The lowest BCUT2D eigenvalue weighted by molar-refractivity contribution is 0.0739. The number of thiazole rings is 1. The highest BCUT2D eigenvalue weighted by Gasteiger charge is 2.28.